The summed E-state index contributed by atoms with van der Waals surface area (Å²) in [5.74, 6) is -1.91. The third-order valence-electron chi connectivity index (χ3n) is 7.73. The van der Waals surface area contributed by atoms with Crippen molar-refractivity contribution in [2.45, 2.75) is 66.6 Å². The number of rotatable bonds is 11. The number of aliphatic hydroxyl groups excluding tert-OH is 1. The quantitative estimate of drug-likeness (QED) is 0.230. The van der Waals surface area contributed by atoms with Crippen molar-refractivity contribution in [3.63, 3.8) is 0 Å². The Labute approximate surface area is 228 Å². The van der Waals surface area contributed by atoms with Crippen LogP contribution < -0.4 is 5.32 Å². The number of amides is 2. The summed E-state index contributed by atoms with van der Waals surface area (Å²) in [5, 5.41) is 20.3. The number of esters is 1. The zero-order chi connectivity index (χ0) is 26.2. The molecule has 2 aromatic rings. The number of nitrogens with one attached hydrogen (secondary N) is 1. The number of nitrogens with zero attached hydrogens (tertiary/aromatic N) is 4. The SMILES string of the molecule is CCOC(=O)[C@H]1[C@@H]2SC3(CC2Br)C(C(=O)NCn2nnc4ccccc42)N(CCCCCCO)C(=O)[C@H]13. The van der Waals surface area contributed by atoms with Gasteiger partial charge in [-0.25, -0.2) is 4.68 Å². The predicted molar refractivity (Wildman–Crippen MR) is 142 cm³/mol. The fourth-order valence-electron chi connectivity index (χ4n) is 6.21. The molecule has 1 aromatic carbocycles. The predicted octanol–water partition coefficient (Wildman–Crippen LogP) is 2.09. The summed E-state index contributed by atoms with van der Waals surface area (Å²) in [6.45, 7) is 2.71. The van der Waals surface area contributed by atoms with E-state index < -0.39 is 22.6 Å². The van der Waals surface area contributed by atoms with Gasteiger partial charge in [0.15, 0.2) is 0 Å². The minimum atomic E-state index is -0.702. The van der Waals surface area contributed by atoms with E-state index >= 15 is 0 Å². The van der Waals surface area contributed by atoms with E-state index in [1.165, 1.54) is 0 Å². The van der Waals surface area contributed by atoms with Crippen LogP contribution in [-0.4, -0.2) is 83.4 Å². The van der Waals surface area contributed by atoms with Gasteiger partial charge < -0.3 is 20.1 Å². The molecule has 3 saturated heterocycles. The van der Waals surface area contributed by atoms with Gasteiger partial charge in [0.2, 0.25) is 11.8 Å². The Bertz CT molecular complexity index is 1180. The van der Waals surface area contributed by atoms with E-state index in [1.807, 2.05) is 24.3 Å². The van der Waals surface area contributed by atoms with Crippen molar-refractivity contribution >= 4 is 56.5 Å². The summed E-state index contributed by atoms with van der Waals surface area (Å²) < 4.78 is 6.32. The lowest BCUT2D eigenvalue weighted by Crippen LogP contribution is -2.54. The minimum absolute atomic E-state index is 0.00928. The van der Waals surface area contributed by atoms with Crippen molar-refractivity contribution < 1.29 is 24.2 Å². The second-order valence-electron chi connectivity index (χ2n) is 9.86. The molecule has 10 nitrogen and oxygen atoms in total. The molecule has 0 aliphatic carbocycles. The molecule has 3 fully saturated rings. The molecule has 2 bridgehead atoms. The molecule has 200 valence electrons. The number of ether oxygens (including phenoxy) is 1. The van der Waals surface area contributed by atoms with Crippen LogP contribution in [0.2, 0.25) is 0 Å². The maximum atomic E-state index is 13.9. The van der Waals surface area contributed by atoms with Crippen molar-refractivity contribution in [3.05, 3.63) is 24.3 Å². The van der Waals surface area contributed by atoms with E-state index in [-0.39, 0.29) is 47.7 Å². The lowest BCUT2D eigenvalue weighted by Gasteiger charge is -2.35. The number of unbranched alkanes of at least 4 members (excludes halogenated alkanes) is 3. The molecule has 0 saturated carbocycles. The Morgan fingerprint density at radius 2 is 2.05 bits per heavy atom. The Kier molecular flexibility index (Phi) is 7.78. The Morgan fingerprint density at radius 1 is 1.27 bits per heavy atom. The second-order valence-corrected chi connectivity index (χ2v) is 12.6. The fourth-order valence-corrected chi connectivity index (χ4v) is 9.81. The number of halogens is 1. The van der Waals surface area contributed by atoms with Crippen LogP contribution in [0, 0.1) is 11.8 Å². The van der Waals surface area contributed by atoms with Crippen molar-refractivity contribution in [2.24, 2.45) is 11.8 Å². The average molecular weight is 595 g/mol. The van der Waals surface area contributed by atoms with Gasteiger partial charge in [0.1, 0.15) is 18.2 Å². The average Bonchev–Trinajstić information content (AvgIpc) is 3.60. The van der Waals surface area contributed by atoms with Gasteiger partial charge in [-0.1, -0.05) is 46.1 Å². The third kappa shape index (κ3) is 4.54. The van der Waals surface area contributed by atoms with Crippen molar-refractivity contribution in [2.75, 3.05) is 19.8 Å². The normalized spacial score (nSPS) is 30.2. The Morgan fingerprint density at radius 3 is 2.84 bits per heavy atom. The largest absolute Gasteiger partial charge is 0.466 e. The van der Waals surface area contributed by atoms with Crippen molar-refractivity contribution in [1.29, 1.82) is 0 Å². The molecule has 1 aromatic heterocycles. The summed E-state index contributed by atoms with van der Waals surface area (Å²) in [4.78, 5) is 42.5. The monoisotopic (exact) mass is 593 g/mol. The second kappa shape index (κ2) is 10.9. The molecule has 5 rings (SSSR count). The molecular weight excluding hydrogens is 562 g/mol. The Balaban J connectivity index is 1.41. The van der Waals surface area contributed by atoms with E-state index in [4.69, 9.17) is 9.84 Å². The van der Waals surface area contributed by atoms with Gasteiger partial charge >= 0.3 is 5.97 Å². The number of aliphatic hydroxyl groups is 1. The first-order chi connectivity index (χ1) is 17.9. The van der Waals surface area contributed by atoms with Gasteiger partial charge in [-0.3, -0.25) is 14.4 Å². The van der Waals surface area contributed by atoms with E-state index in [9.17, 15) is 14.4 Å². The third-order valence-corrected chi connectivity index (χ3v) is 10.9. The number of carbonyl (C=O) groups is 3. The van der Waals surface area contributed by atoms with Gasteiger partial charge in [0.05, 0.1) is 28.7 Å². The van der Waals surface area contributed by atoms with E-state index in [1.54, 1.807) is 28.3 Å². The topological polar surface area (TPSA) is 127 Å². The van der Waals surface area contributed by atoms with E-state index in [2.05, 4.69) is 31.6 Å². The van der Waals surface area contributed by atoms with Crippen molar-refractivity contribution in [1.82, 2.24) is 25.2 Å². The first-order valence-corrected chi connectivity index (χ1v) is 14.7. The number of fused-ring (bicyclic) bond motifs is 2. The van der Waals surface area contributed by atoms with Gasteiger partial charge in [-0.05, 0) is 38.3 Å². The number of benzene rings is 1. The van der Waals surface area contributed by atoms with E-state index in [0.717, 1.165) is 30.3 Å². The number of likely N-dealkylation sites (tertiary alicyclic amines) is 1. The summed E-state index contributed by atoms with van der Waals surface area (Å²) in [6, 6.07) is 6.82. The summed E-state index contributed by atoms with van der Waals surface area (Å²) >= 11 is 5.34. The highest BCUT2D eigenvalue weighted by Gasteiger charge is 2.75. The maximum Gasteiger partial charge on any atom is 0.310 e. The minimum Gasteiger partial charge on any atom is -0.466 e. The summed E-state index contributed by atoms with van der Waals surface area (Å²) in [7, 11) is 0. The number of para-hydroxylation sites is 1. The first-order valence-electron chi connectivity index (χ1n) is 12.9. The maximum absolute atomic E-state index is 13.9. The fraction of sp³-hybridized carbons (Fsp3) is 0.640. The zero-order valence-electron chi connectivity index (χ0n) is 20.7. The van der Waals surface area contributed by atoms with Gasteiger partial charge in [-0.15, -0.1) is 16.9 Å². The molecule has 3 aliphatic rings. The highest BCUT2D eigenvalue weighted by atomic mass is 79.9. The molecule has 3 aliphatic heterocycles. The van der Waals surface area contributed by atoms with Crippen LogP contribution in [0.3, 0.4) is 0 Å². The number of carbonyl (C=O) groups excluding carboxylic acids is 3. The van der Waals surface area contributed by atoms with Crippen LogP contribution in [0.25, 0.3) is 11.0 Å². The highest BCUT2D eigenvalue weighted by molar-refractivity contribution is 9.09. The number of aromatic nitrogens is 3. The summed E-state index contributed by atoms with van der Waals surface area (Å²) in [5.41, 5.74) is 1.54. The molecule has 1 spiro atoms. The molecule has 4 heterocycles. The summed E-state index contributed by atoms with van der Waals surface area (Å²) in [6.07, 6.45) is 3.76. The molecule has 12 heteroatoms. The van der Waals surface area contributed by atoms with Crippen LogP contribution >= 0.6 is 27.7 Å². The molecule has 6 atom stereocenters. The molecule has 37 heavy (non-hydrogen) atoms. The Hall–Kier alpha value is -2.18. The number of hydrogen-bond donors (Lipinski definition) is 2. The molecule has 2 amide bonds. The standard InChI is InChI=1S/C25H32BrN5O5S/c1-2-36-24(35)18-19-23(34)30(11-7-3-4-8-12-32)21(25(19)13-15(26)20(18)37-25)22(33)27-14-31-17-10-6-5-9-16(17)28-29-31/h5-6,9-10,15,18-21,32H,2-4,7-8,11-14H2,1H3,(H,27,33)/t15?,18-,19+,20-,21?,25?/m1/s1. The van der Waals surface area contributed by atoms with Gasteiger partial charge in [0, 0.05) is 23.2 Å². The van der Waals surface area contributed by atoms with Crippen LogP contribution in [-0.2, 0) is 25.8 Å². The molecule has 2 N–H and O–H groups in total. The lowest BCUT2D eigenvalue weighted by molar-refractivity contribution is -0.153. The van der Waals surface area contributed by atoms with Gasteiger partial charge in [0.25, 0.3) is 0 Å². The first kappa shape index (κ1) is 26.4. The lowest BCUT2D eigenvalue weighted by atomic mass is 9.71. The molecular formula is C25H32BrN5O5S. The number of alkyl halides is 1. The van der Waals surface area contributed by atoms with Gasteiger partial charge in [-0.2, -0.15) is 0 Å². The van der Waals surface area contributed by atoms with Crippen LogP contribution in [0.5, 0.6) is 0 Å². The number of thioether (sulfide) groups is 1. The van der Waals surface area contributed by atoms with E-state index in [0.29, 0.717) is 19.4 Å². The molecule has 0 radical (unpaired) electrons. The zero-order valence-corrected chi connectivity index (χ0v) is 23.1. The highest BCUT2D eigenvalue weighted by Crippen LogP contribution is 2.67. The smallest absolute Gasteiger partial charge is 0.310 e. The van der Waals surface area contributed by atoms with Crippen LogP contribution in [0.15, 0.2) is 24.3 Å². The van der Waals surface area contributed by atoms with Crippen LogP contribution in [0.1, 0.15) is 39.0 Å². The number of hydrogen-bond acceptors (Lipinski definition) is 8. The van der Waals surface area contributed by atoms with Crippen LogP contribution in [0.4, 0.5) is 0 Å². The molecule has 3 unspecified atom stereocenters. The van der Waals surface area contributed by atoms with Crippen molar-refractivity contribution in [3.8, 4) is 0 Å².